The van der Waals surface area contributed by atoms with Crippen LogP contribution < -0.4 is 11.1 Å². The predicted molar refractivity (Wildman–Crippen MR) is 98.8 cm³/mol. The van der Waals surface area contributed by atoms with Crippen LogP contribution >= 0.6 is 0 Å². The summed E-state index contributed by atoms with van der Waals surface area (Å²) in [5.41, 5.74) is 8.13. The van der Waals surface area contributed by atoms with Gasteiger partial charge in [-0.15, -0.1) is 0 Å². The van der Waals surface area contributed by atoms with Crippen molar-refractivity contribution in [2.45, 2.75) is 63.5 Å². The normalized spacial score (nSPS) is 17.8. The molecule has 0 spiro atoms. The fourth-order valence-corrected chi connectivity index (χ4v) is 3.47. The summed E-state index contributed by atoms with van der Waals surface area (Å²) >= 11 is 0. The summed E-state index contributed by atoms with van der Waals surface area (Å²) in [5.74, 6) is 0.175. The van der Waals surface area contributed by atoms with E-state index in [4.69, 9.17) is 15.8 Å². The maximum absolute atomic E-state index is 10.9. The van der Waals surface area contributed by atoms with Gasteiger partial charge in [-0.05, 0) is 69.5 Å². The van der Waals surface area contributed by atoms with Crippen LogP contribution in [0.3, 0.4) is 0 Å². The summed E-state index contributed by atoms with van der Waals surface area (Å²) in [5, 5.41) is 12.3. The van der Waals surface area contributed by atoms with E-state index in [1.54, 1.807) is 0 Å². The van der Waals surface area contributed by atoms with Crippen molar-refractivity contribution < 1.29 is 9.90 Å². The number of anilines is 1. The predicted octanol–water partition coefficient (Wildman–Crippen LogP) is 2.03. The molecule has 6 heteroatoms. The van der Waals surface area contributed by atoms with Crippen LogP contribution in [0.2, 0.25) is 0 Å². The first-order chi connectivity index (χ1) is 12.1. The van der Waals surface area contributed by atoms with Crippen molar-refractivity contribution in [2.75, 3.05) is 25.0 Å². The first-order valence-electron chi connectivity index (χ1n) is 9.58. The number of carboxylic acids is 1. The quantitative estimate of drug-likeness (QED) is 0.562. The number of nitrogens with two attached hydrogens (primary N) is 1. The molecule has 2 aliphatic rings. The highest BCUT2D eigenvalue weighted by Gasteiger charge is 2.29. The van der Waals surface area contributed by atoms with Crippen LogP contribution in [0.4, 0.5) is 5.82 Å². The highest BCUT2D eigenvalue weighted by atomic mass is 16.4. The molecule has 1 aromatic rings. The topological polar surface area (TPSA) is 91.5 Å². The van der Waals surface area contributed by atoms with Crippen LogP contribution in [-0.2, 0) is 17.6 Å². The van der Waals surface area contributed by atoms with E-state index in [-0.39, 0.29) is 0 Å². The number of aliphatic carboxylic acids is 1. The summed E-state index contributed by atoms with van der Waals surface area (Å²) in [6.07, 6.45) is 8.55. The van der Waals surface area contributed by atoms with Crippen molar-refractivity contribution in [2.24, 2.45) is 5.73 Å². The van der Waals surface area contributed by atoms with Gasteiger partial charge in [0.25, 0.3) is 0 Å². The minimum Gasteiger partial charge on any atom is -0.480 e. The van der Waals surface area contributed by atoms with Gasteiger partial charge >= 0.3 is 5.97 Å². The third kappa shape index (κ3) is 5.41. The largest absolute Gasteiger partial charge is 0.480 e. The number of rotatable bonds is 10. The Morgan fingerprint density at radius 1 is 1.36 bits per heavy atom. The maximum atomic E-state index is 10.9. The molecule has 0 saturated heterocycles. The maximum Gasteiger partial charge on any atom is 0.320 e. The Morgan fingerprint density at radius 3 is 2.96 bits per heavy atom. The number of unbranched alkanes of at least 4 members (excludes halogenated alkanes) is 1. The molecular formula is C19H30N4O2. The zero-order chi connectivity index (χ0) is 17.6. The number of carbonyl (C=O) groups is 1. The molecule has 0 bridgehead atoms. The molecule has 0 unspecified atom stereocenters. The van der Waals surface area contributed by atoms with Crippen molar-refractivity contribution in [1.82, 2.24) is 9.88 Å². The van der Waals surface area contributed by atoms with Gasteiger partial charge in [0, 0.05) is 24.8 Å². The summed E-state index contributed by atoms with van der Waals surface area (Å²) in [6, 6.07) is 4.28. The fourth-order valence-electron chi connectivity index (χ4n) is 3.47. The molecule has 6 nitrogen and oxygen atoms in total. The summed E-state index contributed by atoms with van der Waals surface area (Å²) in [7, 11) is 0. The van der Waals surface area contributed by atoms with Crippen molar-refractivity contribution in [3.8, 4) is 0 Å². The molecule has 1 aliphatic heterocycles. The van der Waals surface area contributed by atoms with Crippen LogP contribution in [0.1, 0.15) is 49.8 Å². The summed E-state index contributed by atoms with van der Waals surface area (Å²) in [4.78, 5) is 18.0. The van der Waals surface area contributed by atoms with Gasteiger partial charge in [0.05, 0.1) is 0 Å². The molecule has 3 rings (SSSR count). The van der Waals surface area contributed by atoms with Gasteiger partial charge in [0.1, 0.15) is 11.9 Å². The van der Waals surface area contributed by atoms with E-state index in [2.05, 4.69) is 22.3 Å². The molecule has 2 heterocycles. The number of nitrogens with zero attached hydrogens (tertiary/aromatic N) is 2. The standard InChI is InChI=1S/C19H30N4O2/c20-17(19(24)25)10-13-23(16-8-9-16)12-2-1-5-15-7-6-14-4-3-11-21-18(14)22-15/h6-7,16-17H,1-5,8-13,20H2,(H,21,22)(H,24,25)/t17-/m0/s1. The van der Waals surface area contributed by atoms with E-state index in [1.807, 2.05) is 0 Å². The third-order valence-electron chi connectivity index (χ3n) is 5.19. The molecule has 138 valence electrons. The number of nitrogens with one attached hydrogen (secondary N) is 1. The van der Waals surface area contributed by atoms with Crippen LogP contribution in [0.15, 0.2) is 12.1 Å². The Bertz CT molecular complexity index is 589. The van der Waals surface area contributed by atoms with Gasteiger partial charge in [-0.3, -0.25) is 4.79 Å². The lowest BCUT2D eigenvalue weighted by Gasteiger charge is -2.23. The number of fused-ring (bicyclic) bond motifs is 1. The molecule has 1 saturated carbocycles. The molecule has 1 aromatic heterocycles. The number of carboxylic acid groups (broad SMARTS) is 1. The van der Waals surface area contributed by atoms with Gasteiger partial charge in [-0.1, -0.05) is 6.07 Å². The molecule has 25 heavy (non-hydrogen) atoms. The Balaban J connectivity index is 1.39. The van der Waals surface area contributed by atoms with Crippen molar-refractivity contribution >= 4 is 11.8 Å². The van der Waals surface area contributed by atoms with E-state index >= 15 is 0 Å². The first-order valence-corrected chi connectivity index (χ1v) is 9.58. The minimum absolute atomic E-state index is 0.532. The highest BCUT2D eigenvalue weighted by molar-refractivity contribution is 5.72. The summed E-state index contributed by atoms with van der Waals surface area (Å²) < 4.78 is 0. The van der Waals surface area contributed by atoms with Crippen LogP contribution in [0.5, 0.6) is 0 Å². The van der Waals surface area contributed by atoms with Crippen LogP contribution in [0.25, 0.3) is 0 Å². The lowest BCUT2D eigenvalue weighted by Crippen LogP contribution is -2.36. The lowest BCUT2D eigenvalue weighted by molar-refractivity contribution is -0.138. The Kier molecular flexibility index (Phi) is 6.26. The molecule has 1 fully saturated rings. The van der Waals surface area contributed by atoms with Crippen LogP contribution in [-0.4, -0.2) is 52.7 Å². The van der Waals surface area contributed by atoms with Gasteiger partial charge in [0.15, 0.2) is 0 Å². The smallest absolute Gasteiger partial charge is 0.320 e. The van der Waals surface area contributed by atoms with E-state index in [0.717, 1.165) is 51.1 Å². The molecule has 4 N–H and O–H groups in total. The molecule has 0 aromatic carbocycles. The van der Waals surface area contributed by atoms with Gasteiger partial charge in [-0.2, -0.15) is 0 Å². The van der Waals surface area contributed by atoms with E-state index in [1.165, 1.54) is 30.5 Å². The molecule has 1 aliphatic carbocycles. The SMILES string of the molecule is N[C@@H](CCN(CCCCc1ccc2c(n1)NCCC2)C1CC1)C(=O)O. The Morgan fingerprint density at radius 2 is 2.20 bits per heavy atom. The Hall–Kier alpha value is -1.66. The van der Waals surface area contributed by atoms with E-state index in [0.29, 0.717) is 12.5 Å². The molecular weight excluding hydrogens is 316 g/mol. The number of hydrogen-bond donors (Lipinski definition) is 3. The van der Waals surface area contributed by atoms with Crippen molar-refractivity contribution in [1.29, 1.82) is 0 Å². The highest BCUT2D eigenvalue weighted by Crippen LogP contribution is 2.27. The van der Waals surface area contributed by atoms with Gasteiger partial charge in [0.2, 0.25) is 0 Å². The van der Waals surface area contributed by atoms with Gasteiger partial charge < -0.3 is 21.1 Å². The number of aromatic nitrogens is 1. The monoisotopic (exact) mass is 346 g/mol. The van der Waals surface area contributed by atoms with Crippen molar-refractivity contribution in [3.63, 3.8) is 0 Å². The average molecular weight is 346 g/mol. The average Bonchev–Trinajstić information content (AvgIpc) is 3.45. The lowest BCUT2D eigenvalue weighted by atomic mass is 10.1. The fraction of sp³-hybridized carbons (Fsp3) is 0.684. The first kappa shape index (κ1) is 18.1. The second-order valence-electron chi connectivity index (χ2n) is 7.30. The number of hydrogen-bond acceptors (Lipinski definition) is 5. The Labute approximate surface area is 149 Å². The van der Waals surface area contributed by atoms with Crippen molar-refractivity contribution in [3.05, 3.63) is 23.4 Å². The summed E-state index contributed by atoms with van der Waals surface area (Å²) in [6.45, 7) is 2.84. The second-order valence-corrected chi connectivity index (χ2v) is 7.30. The second kappa shape index (κ2) is 8.63. The van der Waals surface area contributed by atoms with Gasteiger partial charge in [-0.25, -0.2) is 4.98 Å². The molecule has 0 radical (unpaired) electrons. The molecule has 0 amide bonds. The third-order valence-corrected chi connectivity index (χ3v) is 5.19. The van der Waals surface area contributed by atoms with Crippen LogP contribution in [0, 0.1) is 0 Å². The number of aryl methyl sites for hydroxylation is 2. The number of pyridine rings is 1. The van der Waals surface area contributed by atoms with E-state index < -0.39 is 12.0 Å². The zero-order valence-electron chi connectivity index (χ0n) is 14.9. The van der Waals surface area contributed by atoms with E-state index in [9.17, 15) is 4.79 Å². The molecule has 1 atom stereocenters. The zero-order valence-corrected chi connectivity index (χ0v) is 14.9. The minimum atomic E-state index is -0.900.